The number of rotatable bonds is 21. The molecule has 5 unspecified atom stereocenters. The van der Waals surface area contributed by atoms with Crippen LogP contribution in [0.15, 0.2) is 111 Å². The summed E-state index contributed by atoms with van der Waals surface area (Å²) in [4.78, 5) is 79.5. The molecule has 0 aliphatic rings. The first-order valence-electron chi connectivity index (χ1n) is 22.0. The standard InChI is InChI=1S/C50H49Cl5N8O8/c1-8-70-43-18-12-30(25(3)51)20-41(43)58-47(66)32-10-15-36(54)39(22-32)60-62-45(28(6)64)49(68)56-34-14-17-38(35(24-34)27(5)53)57-50(69)46(29(7)65)63-61-40-23-33(11-16-37(40)55)48(67)59-42-21-31(26(4)52)13-19-44(42)71-9-2/h10-27,45-46H,8-9H2,1-7H3,(H,56,68)(H,57,69)(H,58,66)(H,59,67). The molecule has 16 nitrogen and oxygen atoms in total. The van der Waals surface area contributed by atoms with Crippen molar-refractivity contribution in [1.29, 1.82) is 0 Å². The maximum Gasteiger partial charge on any atom is 0.258 e. The number of azo groups is 2. The van der Waals surface area contributed by atoms with Gasteiger partial charge in [0.1, 0.15) is 22.9 Å². The van der Waals surface area contributed by atoms with Crippen molar-refractivity contribution < 1.29 is 38.2 Å². The van der Waals surface area contributed by atoms with E-state index in [1.165, 1.54) is 54.6 Å². The summed E-state index contributed by atoms with van der Waals surface area (Å²) in [5, 5.41) is 25.8. The Kier molecular flexibility index (Phi) is 20.0. The molecule has 71 heavy (non-hydrogen) atoms. The fourth-order valence-corrected chi connectivity index (χ4v) is 7.33. The van der Waals surface area contributed by atoms with Crippen LogP contribution in [0.4, 0.5) is 34.1 Å². The second-order valence-corrected chi connectivity index (χ2v) is 18.5. The molecule has 0 radical (unpaired) electrons. The van der Waals surface area contributed by atoms with Gasteiger partial charge < -0.3 is 30.7 Å². The summed E-state index contributed by atoms with van der Waals surface area (Å²) in [5.74, 6) is -3.26. The highest BCUT2D eigenvalue weighted by Gasteiger charge is 2.27. The van der Waals surface area contributed by atoms with Crippen molar-refractivity contribution in [3.8, 4) is 11.5 Å². The van der Waals surface area contributed by atoms with Crippen molar-refractivity contribution >= 4 is 127 Å². The minimum atomic E-state index is -1.66. The fourth-order valence-electron chi connectivity index (χ4n) is 6.57. The maximum atomic E-state index is 13.6. The van der Waals surface area contributed by atoms with Crippen molar-refractivity contribution in [2.45, 2.75) is 76.7 Å². The second-order valence-electron chi connectivity index (χ2n) is 15.7. The van der Waals surface area contributed by atoms with Crippen LogP contribution in [-0.2, 0) is 19.2 Å². The molecule has 0 saturated heterocycles. The van der Waals surface area contributed by atoms with Gasteiger partial charge in [0.2, 0.25) is 12.1 Å². The first-order valence-corrected chi connectivity index (χ1v) is 24.0. The van der Waals surface area contributed by atoms with Gasteiger partial charge in [-0.2, -0.15) is 20.5 Å². The lowest BCUT2D eigenvalue weighted by Gasteiger charge is -2.17. The Morgan fingerprint density at radius 2 is 0.958 bits per heavy atom. The number of carbonyl (C=O) groups is 6. The molecule has 0 heterocycles. The molecule has 0 fully saturated rings. The van der Waals surface area contributed by atoms with Crippen molar-refractivity contribution in [3.63, 3.8) is 0 Å². The van der Waals surface area contributed by atoms with Gasteiger partial charge in [-0.25, -0.2) is 0 Å². The normalized spacial score (nSPS) is 13.4. The van der Waals surface area contributed by atoms with E-state index in [9.17, 15) is 28.8 Å². The summed E-state index contributed by atoms with van der Waals surface area (Å²) >= 11 is 31.9. The number of ketones is 2. The maximum absolute atomic E-state index is 13.6. The van der Waals surface area contributed by atoms with E-state index in [0.29, 0.717) is 41.7 Å². The van der Waals surface area contributed by atoms with E-state index in [4.69, 9.17) is 67.5 Å². The van der Waals surface area contributed by atoms with Crippen LogP contribution in [0.25, 0.3) is 0 Å². The van der Waals surface area contributed by atoms with Gasteiger partial charge in [-0.1, -0.05) is 35.3 Å². The zero-order valence-corrected chi connectivity index (χ0v) is 43.2. The number of nitrogens with one attached hydrogen (secondary N) is 4. The Hall–Kier alpha value is -6.43. The first kappa shape index (κ1) is 55.5. The summed E-state index contributed by atoms with van der Waals surface area (Å²) in [6.45, 7) is 11.8. The Labute approximate surface area is 435 Å². The van der Waals surface area contributed by atoms with Gasteiger partial charge in [-0.3, -0.25) is 28.8 Å². The fraction of sp³-hybridized carbons (Fsp3) is 0.280. The Bertz CT molecular complexity index is 2890. The van der Waals surface area contributed by atoms with Crippen molar-refractivity contribution in [2.75, 3.05) is 34.5 Å². The van der Waals surface area contributed by atoms with Crippen LogP contribution in [-0.4, -0.2) is 60.5 Å². The Morgan fingerprint density at radius 3 is 1.35 bits per heavy atom. The van der Waals surface area contributed by atoms with Crippen LogP contribution in [0.3, 0.4) is 0 Å². The van der Waals surface area contributed by atoms with E-state index in [2.05, 4.69) is 41.7 Å². The van der Waals surface area contributed by atoms with E-state index in [1.807, 2.05) is 13.8 Å². The predicted molar refractivity (Wildman–Crippen MR) is 279 cm³/mol. The SMILES string of the molecule is CCOc1ccc(C(C)Cl)cc1NC(=O)c1ccc(Cl)c(N=NC(C(C)=O)C(=O)Nc2ccc(NC(=O)C(N=Nc3cc(C(=O)Nc4cc(C(C)Cl)ccc4OCC)ccc3Cl)C(C)=O)c(C(C)Cl)c2)c1. The zero-order chi connectivity index (χ0) is 52.1. The number of nitrogens with zero attached hydrogens (tertiary/aromatic N) is 4. The molecule has 5 rings (SSSR count). The van der Waals surface area contributed by atoms with Gasteiger partial charge in [0.25, 0.3) is 23.6 Å². The predicted octanol–water partition coefficient (Wildman–Crippen LogP) is 13.6. The number of carbonyl (C=O) groups excluding carboxylic acids is 6. The molecule has 21 heteroatoms. The Morgan fingerprint density at radius 1 is 0.521 bits per heavy atom. The van der Waals surface area contributed by atoms with E-state index < -0.39 is 52.7 Å². The number of Topliss-reactive ketones (excluding diaryl/α,β-unsaturated/α-hetero) is 2. The third kappa shape index (κ3) is 15.0. The highest BCUT2D eigenvalue weighted by atomic mass is 35.5. The minimum Gasteiger partial charge on any atom is -0.492 e. The smallest absolute Gasteiger partial charge is 0.258 e. The van der Waals surface area contributed by atoms with Crippen LogP contribution in [0.2, 0.25) is 10.0 Å². The molecule has 372 valence electrons. The number of amides is 4. The quantitative estimate of drug-likeness (QED) is 0.0314. The molecule has 0 spiro atoms. The molecule has 0 saturated carbocycles. The molecule has 0 aliphatic carbocycles. The number of hydrogen-bond acceptors (Lipinski definition) is 12. The van der Waals surface area contributed by atoms with Crippen LogP contribution in [0, 0.1) is 0 Å². The van der Waals surface area contributed by atoms with Crippen molar-refractivity contribution in [2.24, 2.45) is 20.5 Å². The molecule has 4 amide bonds. The number of anilines is 4. The number of benzene rings is 5. The molecular formula is C50H49Cl5N8O8. The number of ether oxygens (including phenoxy) is 2. The molecule has 5 aromatic carbocycles. The summed E-state index contributed by atoms with van der Waals surface area (Å²) in [6, 6.07) is 19.9. The van der Waals surface area contributed by atoms with Gasteiger partial charge >= 0.3 is 0 Å². The molecular weight excluding hydrogens is 1020 g/mol. The lowest BCUT2D eigenvalue weighted by atomic mass is 10.1. The Balaban J connectivity index is 1.30. The summed E-state index contributed by atoms with van der Waals surface area (Å²) in [7, 11) is 0. The van der Waals surface area contributed by atoms with Crippen LogP contribution < -0.4 is 30.7 Å². The monoisotopic (exact) mass is 1060 g/mol. The van der Waals surface area contributed by atoms with Crippen molar-refractivity contribution in [1.82, 2.24) is 0 Å². The van der Waals surface area contributed by atoms with Gasteiger partial charge in [0.15, 0.2) is 11.6 Å². The number of hydrogen-bond donors (Lipinski definition) is 4. The third-order valence-electron chi connectivity index (χ3n) is 10.3. The largest absolute Gasteiger partial charge is 0.492 e. The van der Waals surface area contributed by atoms with Gasteiger partial charge in [-0.05, 0) is 144 Å². The lowest BCUT2D eigenvalue weighted by molar-refractivity contribution is -0.127. The van der Waals surface area contributed by atoms with Crippen LogP contribution in [0.5, 0.6) is 11.5 Å². The zero-order valence-electron chi connectivity index (χ0n) is 39.4. The van der Waals surface area contributed by atoms with E-state index >= 15 is 0 Å². The van der Waals surface area contributed by atoms with Crippen molar-refractivity contribution in [3.05, 3.63) is 129 Å². The topological polar surface area (TPSA) is 218 Å². The number of halogens is 5. The van der Waals surface area contributed by atoms with Gasteiger partial charge in [0, 0.05) is 22.5 Å². The van der Waals surface area contributed by atoms with Gasteiger partial charge in [0.05, 0.1) is 50.8 Å². The van der Waals surface area contributed by atoms with Crippen LogP contribution >= 0.6 is 58.0 Å². The first-order chi connectivity index (χ1) is 33.7. The highest BCUT2D eigenvalue weighted by Crippen LogP contribution is 2.35. The van der Waals surface area contributed by atoms with E-state index in [-0.39, 0.29) is 54.7 Å². The third-order valence-corrected chi connectivity index (χ3v) is 11.7. The second kappa shape index (κ2) is 25.6. The van der Waals surface area contributed by atoms with Crippen LogP contribution in [0.1, 0.15) is 102 Å². The average Bonchev–Trinajstić information content (AvgIpc) is 3.31. The molecule has 5 aromatic rings. The minimum absolute atomic E-state index is 0.00110. The molecule has 0 aromatic heterocycles. The molecule has 0 bridgehead atoms. The van der Waals surface area contributed by atoms with E-state index in [0.717, 1.165) is 25.0 Å². The van der Waals surface area contributed by atoms with E-state index in [1.54, 1.807) is 57.2 Å². The molecule has 0 aliphatic heterocycles. The summed E-state index contributed by atoms with van der Waals surface area (Å²) < 4.78 is 11.4. The average molecular weight is 1070 g/mol. The highest BCUT2D eigenvalue weighted by molar-refractivity contribution is 6.33. The number of alkyl halides is 3. The molecule has 4 N–H and O–H groups in total. The van der Waals surface area contributed by atoms with Gasteiger partial charge in [-0.15, -0.1) is 34.8 Å². The summed E-state index contributed by atoms with van der Waals surface area (Å²) in [6.07, 6.45) is 0. The summed E-state index contributed by atoms with van der Waals surface area (Å²) in [5.41, 5.74) is 3.24. The molecule has 5 atom stereocenters. The lowest BCUT2D eigenvalue weighted by Crippen LogP contribution is -2.32.